The molecule has 0 spiro atoms. The Kier molecular flexibility index (Phi) is 7.88. The van der Waals surface area contributed by atoms with Crippen LogP contribution >= 0.6 is 10.3 Å². The fraction of sp³-hybridized carbons (Fsp3) is 0.556. The van der Waals surface area contributed by atoms with Gasteiger partial charge < -0.3 is 13.8 Å². The molecule has 2 heterocycles. The maximum absolute atomic E-state index is 12.3. The maximum atomic E-state index is 12.3. The number of carbonyl (C=O) groups excluding carboxylic acids is 1. The van der Waals surface area contributed by atoms with Crippen LogP contribution in [0.25, 0.3) is 0 Å². The number of carbonyl (C=O) groups is 1. The molecule has 34 heavy (non-hydrogen) atoms. The van der Waals surface area contributed by atoms with E-state index in [1.165, 1.54) is 5.56 Å². The number of ether oxygens (including phenoxy) is 1. The first-order chi connectivity index (χ1) is 15.8. The Labute approximate surface area is 207 Å². The largest absolute Gasteiger partial charge is 0.444 e. The number of fused-ring (bicyclic) bond motifs is 1. The van der Waals surface area contributed by atoms with E-state index in [4.69, 9.17) is 13.9 Å². The van der Waals surface area contributed by atoms with E-state index in [1.54, 1.807) is 6.20 Å². The Morgan fingerprint density at radius 1 is 1.18 bits per heavy atom. The van der Waals surface area contributed by atoms with Gasteiger partial charge in [0.05, 0.1) is 29.4 Å². The molecule has 7 heteroatoms. The van der Waals surface area contributed by atoms with Gasteiger partial charge >= 0.3 is 6.09 Å². The Morgan fingerprint density at radius 3 is 2.44 bits per heavy atom. The third-order valence-corrected chi connectivity index (χ3v) is 10.6. The number of amides is 1. The van der Waals surface area contributed by atoms with Gasteiger partial charge in [0, 0.05) is 24.3 Å². The minimum Gasteiger partial charge on any atom is -0.444 e. The highest BCUT2D eigenvalue weighted by atomic mass is 32.3. The van der Waals surface area contributed by atoms with Crippen molar-refractivity contribution in [2.75, 3.05) is 28.8 Å². The van der Waals surface area contributed by atoms with E-state index >= 15 is 0 Å². The second-order valence-corrected chi connectivity index (χ2v) is 15.0. The zero-order valence-corrected chi connectivity index (χ0v) is 22.8. The Morgan fingerprint density at radius 2 is 1.85 bits per heavy atom. The maximum Gasteiger partial charge on any atom is 0.412 e. The molecule has 1 amide bonds. The molecule has 1 aromatic heterocycles. The molecule has 2 aromatic rings. The minimum absolute atomic E-state index is 0.0625. The van der Waals surface area contributed by atoms with E-state index in [-0.39, 0.29) is 10.9 Å². The standard InChI is InChI=1S/C27H41N3O3S/c1-9-34(8,27(5,6)7)33-22-16-23-24(30(19-22)18-20-13-11-10-12-14-20)15-21(17-28-23)29-25(31)32-26(2,3)4/h10-15,17,22H,9,16,18-19H2,1-8H3,(H,29,31). The van der Waals surface area contributed by atoms with Gasteiger partial charge in [-0.2, -0.15) is 0 Å². The lowest BCUT2D eigenvalue weighted by Crippen LogP contribution is -2.42. The summed E-state index contributed by atoms with van der Waals surface area (Å²) in [5.41, 5.74) is 3.32. The summed E-state index contributed by atoms with van der Waals surface area (Å²) in [6.45, 7) is 16.1. The van der Waals surface area contributed by atoms with Crippen LogP contribution < -0.4 is 10.2 Å². The molecule has 6 nitrogen and oxygen atoms in total. The number of hydrogen-bond acceptors (Lipinski definition) is 5. The summed E-state index contributed by atoms with van der Waals surface area (Å²) in [4.78, 5) is 19.4. The molecule has 3 rings (SSSR count). The van der Waals surface area contributed by atoms with Gasteiger partial charge in [0.25, 0.3) is 0 Å². The van der Waals surface area contributed by atoms with Crippen LogP contribution in [0.3, 0.4) is 0 Å². The molecule has 1 aromatic carbocycles. The second kappa shape index (κ2) is 10.2. The summed E-state index contributed by atoms with van der Waals surface area (Å²) in [7, 11) is -1.26. The van der Waals surface area contributed by atoms with Crippen molar-refractivity contribution in [3.8, 4) is 0 Å². The molecule has 0 radical (unpaired) electrons. The average molecular weight is 488 g/mol. The number of benzene rings is 1. The molecular formula is C27H41N3O3S. The minimum atomic E-state index is -1.26. The molecular weight excluding hydrogens is 446 g/mol. The lowest BCUT2D eigenvalue weighted by molar-refractivity contribution is 0.0636. The van der Waals surface area contributed by atoms with Gasteiger partial charge in [-0.05, 0) is 44.4 Å². The first-order valence-corrected chi connectivity index (χ1v) is 14.1. The summed E-state index contributed by atoms with van der Waals surface area (Å²) >= 11 is 0. The topological polar surface area (TPSA) is 63.7 Å². The smallest absolute Gasteiger partial charge is 0.412 e. The normalized spacial score (nSPS) is 19.1. The number of nitrogens with zero attached hydrogens (tertiary/aromatic N) is 2. The predicted octanol–water partition coefficient (Wildman–Crippen LogP) is 6.54. The van der Waals surface area contributed by atoms with E-state index in [2.05, 4.69) is 68.4 Å². The van der Waals surface area contributed by atoms with Gasteiger partial charge in [-0.1, -0.05) is 58.0 Å². The van der Waals surface area contributed by atoms with Gasteiger partial charge in [0.2, 0.25) is 0 Å². The van der Waals surface area contributed by atoms with Crippen LogP contribution in [-0.2, 0) is 21.9 Å². The Bertz CT molecular complexity index is 985. The average Bonchev–Trinajstić information content (AvgIpc) is 2.72. The van der Waals surface area contributed by atoms with E-state index in [1.807, 2.05) is 32.9 Å². The molecule has 2 unspecified atom stereocenters. The highest BCUT2D eigenvalue weighted by Gasteiger charge is 2.37. The Balaban J connectivity index is 1.88. The third-order valence-electron chi connectivity index (χ3n) is 6.19. The number of pyridine rings is 1. The quantitative estimate of drug-likeness (QED) is 0.501. The number of anilines is 2. The van der Waals surface area contributed by atoms with Gasteiger partial charge in [-0.15, -0.1) is 10.3 Å². The van der Waals surface area contributed by atoms with Crippen molar-refractivity contribution in [2.24, 2.45) is 0 Å². The van der Waals surface area contributed by atoms with Crippen molar-refractivity contribution in [3.63, 3.8) is 0 Å². The van der Waals surface area contributed by atoms with E-state index in [0.29, 0.717) is 5.69 Å². The van der Waals surface area contributed by atoms with E-state index < -0.39 is 22.0 Å². The van der Waals surface area contributed by atoms with Crippen LogP contribution in [0, 0.1) is 0 Å². The second-order valence-electron chi connectivity index (χ2n) is 11.0. The summed E-state index contributed by atoms with van der Waals surface area (Å²) < 4.78 is 12.4. The van der Waals surface area contributed by atoms with Crippen LogP contribution in [-0.4, -0.2) is 46.1 Å². The van der Waals surface area contributed by atoms with E-state index in [9.17, 15) is 4.79 Å². The number of hydrogen-bond donors (Lipinski definition) is 1. The summed E-state index contributed by atoms with van der Waals surface area (Å²) in [5, 5.41) is 2.83. The molecule has 1 N–H and O–H groups in total. The first kappa shape index (κ1) is 26.4. The van der Waals surface area contributed by atoms with Crippen molar-refractivity contribution >= 4 is 27.8 Å². The van der Waals surface area contributed by atoms with Crippen molar-refractivity contribution in [1.82, 2.24) is 4.98 Å². The van der Waals surface area contributed by atoms with Crippen molar-refractivity contribution in [2.45, 2.75) is 77.9 Å². The summed E-state index contributed by atoms with van der Waals surface area (Å²) in [6.07, 6.45) is 4.35. The molecule has 0 aliphatic carbocycles. The van der Waals surface area contributed by atoms with Gasteiger partial charge in [-0.25, -0.2) is 4.79 Å². The molecule has 0 saturated heterocycles. The molecule has 2 atom stereocenters. The molecule has 0 bridgehead atoms. The van der Waals surface area contributed by atoms with Crippen molar-refractivity contribution < 1.29 is 13.7 Å². The zero-order chi connectivity index (χ0) is 25.1. The van der Waals surface area contributed by atoms with Crippen molar-refractivity contribution in [3.05, 3.63) is 53.9 Å². The lowest BCUT2D eigenvalue weighted by atomic mass is 10.0. The molecule has 0 fully saturated rings. The lowest BCUT2D eigenvalue weighted by Gasteiger charge is -2.50. The Hall–Kier alpha value is -2.25. The molecule has 1 aliphatic heterocycles. The number of nitrogens with one attached hydrogen (secondary N) is 1. The van der Waals surface area contributed by atoms with Crippen LogP contribution in [0.5, 0.6) is 0 Å². The summed E-state index contributed by atoms with van der Waals surface area (Å²) in [6, 6.07) is 12.4. The SMILES string of the molecule is CCS(C)(OC1Cc2ncc(NC(=O)OC(C)(C)C)cc2N(Cc2ccccc2)C1)C(C)(C)C. The third kappa shape index (κ3) is 6.66. The van der Waals surface area contributed by atoms with Gasteiger partial charge in [-0.3, -0.25) is 10.3 Å². The van der Waals surface area contributed by atoms with Crippen molar-refractivity contribution in [1.29, 1.82) is 0 Å². The number of aromatic nitrogens is 1. The van der Waals surface area contributed by atoms with Crippen LogP contribution in [0.2, 0.25) is 0 Å². The molecule has 188 valence electrons. The van der Waals surface area contributed by atoms with Gasteiger partial charge in [0.1, 0.15) is 5.60 Å². The van der Waals surface area contributed by atoms with E-state index in [0.717, 1.165) is 36.6 Å². The molecule has 0 saturated carbocycles. The van der Waals surface area contributed by atoms with Gasteiger partial charge in [0.15, 0.2) is 0 Å². The monoisotopic (exact) mass is 487 g/mol. The number of rotatable bonds is 6. The molecule has 1 aliphatic rings. The fourth-order valence-corrected chi connectivity index (χ4v) is 6.01. The van der Waals surface area contributed by atoms with Crippen LogP contribution in [0.15, 0.2) is 42.6 Å². The zero-order valence-electron chi connectivity index (χ0n) is 22.0. The highest BCUT2D eigenvalue weighted by Crippen LogP contribution is 2.58. The highest BCUT2D eigenvalue weighted by molar-refractivity contribution is 8.30. The first-order valence-electron chi connectivity index (χ1n) is 12.0. The fourth-order valence-electron chi connectivity index (χ4n) is 3.99. The summed E-state index contributed by atoms with van der Waals surface area (Å²) in [5.74, 6) is 1.02. The predicted molar refractivity (Wildman–Crippen MR) is 144 cm³/mol. The van der Waals surface area contributed by atoms with Crippen LogP contribution in [0.4, 0.5) is 16.2 Å². The van der Waals surface area contributed by atoms with Crippen LogP contribution in [0.1, 0.15) is 59.7 Å².